The van der Waals surface area contributed by atoms with Gasteiger partial charge in [0.05, 0.1) is 4.90 Å². The Hall–Kier alpha value is -0.980. The zero-order valence-corrected chi connectivity index (χ0v) is 13.1. The highest BCUT2D eigenvalue weighted by Gasteiger charge is 2.31. The summed E-state index contributed by atoms with van der Waals surface area (Å²) in [5.74, 6) is 0. The second kappa shape index (κ2) is 5.66. The lowest BCUT2D eigenvalue weighted by molar-refractivity contribution is 0.273. The number of H-pyrrole nitrogens is 1. The summed E-state index contributed by atoms with van der Waals surface area (Å²) in [6.07, 6.45) is 1.05. The molecule has 3 N–H and O–H groups in total. The van der Waals surface area contributed by atoms with Crippen LogP contribution in [0.1, 0.15) is 0 Å². The molecule has 1 aliphatic heterocycles. The Kier molecular flexibility index (Phi) is 4.42. The van der Waals surface area contributed by atoms with Crippen molar-refractivity contribution in [2.24, 2.45) is 5.14 Å². The summed E-state index contributed by atoms with van der Waals surface area (Å²) in [4.78, 5) is 13.2. The Balaban J connectivity index is 2.22. The SMILES string of the molecule is NS(=O)(=O)N1CCN(S(=O)(=O)c2c[nH]c(=O)c(Cl)c2)CC1. The fourth-order valence-electron chi connectivity index (χ4n) is 1.90. The summed E-state index contributed by atoms with van der Waals surface area (Å²) < 4.78 is 49.2. The quantitative estimate of drug-likeness (QED) is 0.682. The third-order valence-corrected chi connectivity index (χ3v) is 6.27. The number of nitrogens with zero attached hydrogens (tertiary/aromatic N) is 2. The van der Waals surface area contributed by atoms with Crippen LogP contribution in [0, 0.1) is 0 Å². The lowest BCUT2D eigenvalue weighted by Crippen LogP contribution is -2.52. The molecule has 0 amide bonds. The molecular weight excluding hydrogens is 344 g/mol. The van der Waals surface area contributed by atoms with E-state index in [0.29, 0.717) is 0 Å². The summed E-state index contributed by atoms with van der Waals surface area (Å²) in [6, 6.07) is 1.06. The third kappa shape index (κ3) is 3.44. The fraction of sp³-hybridized carbons (Fsp3) is 0.444. The van der Waals surface area contributed by atoms with Gasteiger partial charge in [-0.3, -0.25) is 4.79 Å². The number of aromatic nitrogens is 1. The van der Waals surface area contributed by atoms with E-state index in [9.17, 15) is 21.6 Å². The number of halogens is 1. The molecule has 1 saturated heterocycles. The second-order valence-electron chi connectivity index (χ2n) is 4.36. The summed E-state index contributed by atoms with van der Waals surface area (Å²) in [5.41, 5.74) is -0.588. The zero-order chi connectivity index (χ0) is 15.8. The van der Waals surface area contributed by atoms with E-state index < -0.39 is 25.8 Å². The minimum Gasteiger partial charge on any atom is -0.326 e. The monoisotopic (exact) mass is 356 g/mol. The maximum Gasteiger partial charge on any atom is 0.276 e. The minimum atomic E-state index is -3.85. The summed E-state index contributed by atoms with van der Waals surface area (Å²) in [7, 11) is -7.68. The molecule has 0 saturated carbocycles. The van der Waals surface area contributed by atoms with Crippen molar-refractivity contribution in [2.45, 2.75) is 4.90 Å². The van der Waals surface area contributed by atoms with Crippen molar-refractivity contribution in [3.05, 3.63) is 27.6 Å². The molecular formula is C9H13ClN4O5S2. The van der Waals surface area contributed by atoms with E-state index in [0.717, 1.165) is 20.9 Å². The van der Waals surface area contributed by atoms with Crippen LogP contribution >= 0.6 is 11.6 Å². The van der Waals surface area contributed by atoms with E-state index in [1.165, 1.54) is 0 Å². The van der Waals surface area contributed by atoms with Gasteiger partial charge in [-0.25, -0.2) is 13.6 Å². The third-order valence-electron chi connectivity index (χ3n) is 3.03. The van der Waals surface area contributed by atoms with E-state index in [4.69, 9.17) is 16.7 Å². The Labute approximate surface area is 126 Å². The number of rotatable bonds is 3. The molecule has 0 aliphatic carbocycles. The smallest absolute Gasteiger partial charge is 0.276 e. The molecule has 0 spiro atoms. The van der Waals surface area contributed by atoms with Gasteiger partial charge in [0.15, 0.2) is 0 Å². The number of nitrogens with two attached hydrogens (primary N) is 1. The van der Waals surface area contributed by atoms with E-state index >= 15 is 0 Å². The predicted molar refractivity (Wildman–Crippen MR) is 75.5 cm³/mol. The van der Waals surface area contributed by atoms with Crippen LogP contribution in [0.4, 0.5) is 0 Å². The molecule has 0 aromatic carbocycles. The second-order valence-corrected chi connectivity index (χ2v) is 8.25. The minimum absolute atomic E-state index is 0.0322. The van der Waals surface area contributed by atoms with Gasteiger partial charge in [-0.05, 0) is 6.07 Å². The first-order valence-electron chi connectivity index (χ1n) is 5.78. The van der Waals surface area contributed by atoms with Gasteiger partial charge in [0, 0.05) is 32.4 Å². The van der Waals surface area contributed by atoms with Crippen molar-refractivity contribution in [3.8, 4) is 0 Å². The van der Waals surface area contributed by atoms with Crippen LogP contribution in [0.2, 0.25) is 5.02 Å². The van der Waals surface area contributed by atoms with Crippen LogP contribution in [-0.4, -0.2) is 56.6 Å². The molecule has 21 heavy (non-hydrogen) atoms. The molecule has 0 bridgehead atoms. The predicted octanol–water partition coefficient (Wildman–Crippen LogP) is -1.46. The average molecular weight is 357 g/mol. The van der Waals surface area contributed by atoms with Crippen molar-refractivity contribution in [3.63, 3.8) is 0 Å². The number of nitrogens with one attached hydrogen (secondary N) is 1. The Morgan fingerprint density at radius 3 is 2.10 bits per heavy atom. The van der Waals surface area contributed by atoms with Gasteiger partial charge in [-0.1, -0.05) is 11.6 Å². The molecule has 0 unspecified atom stereocenters. The number of hydrogen-bond donors (Lipinski definition) is 2. The van der Waals surface area contributed by atoms with Crippen molar-refractivity contribution < 1.29 is 16.8 Å². The average Bonchev–Trinajstić information content (AvgIpc) is 2.41. The Bertz CT molecular complexity index is 796. The summed E-state index contributed by atoms with van der Waals surface area (Å²) in [6.45, 7) is -0.130. The Morgan fingerprint density at radius 2 is 1.62 bits per heavy atom. The summed E-state index contributed by atoms with van der Waals surface area (Å²) >= 11 is 5.61. The van der Waals surface area contributed by atoms with Gasteiger partial charge >= 0.3 is 0 Å². The number of sulfonamides is 1. The van der Waals surface area contributed by atoms with Crippen LogP contribution in [0.15, 0.2) is 22.0 Å². The summed E-state index contributed by atoms with van der Waals surface area (Å²) in [5, 5.41) is 4.75. The first-order chi connectivity index (χ1) is 9.62. The maximum absolute atomic E-state index is 12.4. The highest BCUT2D eigenvalue weighted by molar-refractivity contribution is 7.89. The van der Waals surface area contributed by atoms with Crippen LogP contribution in [-0.2, 0) is 20.2 Å². The Morgan fingerprint density at radius 1 is 1.10 bits per heavy atom. The van der Waals surface area contributed by atoms with E-state index in [-0.39, 0.29) is 36.1 Å². The number of hydrogen-bond acceptors (Lipinski definition) is 5. The zero-order valence-electron chi connectivity index (χ0n) is 10.7. The van der Waals surface area contributed by atoms with Gasteiger partial charge in [-0.15, -0.1) is 0 Å². The molecule has 9 nitrogen and oxygen atoms in total. The standard InChI is InChI=1S/C9H13ClN4O5S2/c10-8-5-7(6-12-9(8)15)20(16,17)13-1-3-14(4-2-13)21(11,18)19/h5-6H,1-4H2,(H,12,15)(H2,11,18,19). The number of piperazine rings is 1. The first-order valence-corrected chi connectivity index (χ1v) is 9.11. The van der Waals surface area contributed by atoms with Gasteiger partial charge in [0.2, 0.25) is 10.0 Å². The van der Waals surface area contributed by atoms with Crippen LogP contribution in [0.3, 0.4) is 0 Å². The van der Waals surface area contributed by atoms with Crippen molar-refractivity contribution in [1.29, 1.82) is 0 Å². The fourth-order valence-corrected chi connectivity index (χ4v) is 4.23. The molecule has 2 heterocycles. The van der Waals surface area contributed by atoms with Crippen LogP contribution < -0.4 is 10.7 Å². The topological polar surface area (TPSA) is 134 Å². The van der Waals surface area contributed by atoms with E-state index in [1.807, 2.05) is 0 Å². The largest absolute Gasteiger partial charge is 0.326 e. The highest BCUT2D eigenvalue weighted by atomic mass is 35.5. The van der Waals surface area contributed by atoms with Crippen molar-refractivity contribution in [2.75, 3.05) is 26.2 Å². The number of pyridine rings is 1. The molecule has 1 aliphatic rings. The lowest BCUT2D eigenvalue weighted by Gasteiger charge is -2.32. The molecule has 1 fully saturated rings. The molecule has 1 aromatic heterocycles. The van der Waals surface area contributed by atoms with Crippen molar-refractivity contribution >= 4 is 31.8 Å². The normalized spacial score (nSPS) is 18.8. The number of aromatic amines is 1. The molecule has 2 rings (SSSR count). The maximum atomic E-state index is 12.4. The van der Waals surface area contributed by atoms with Crippen LogP contribution in [0.5, 0.6) is 0 Å². The molecule has 0 atom stereocenters. The van der Waals surface area contributed by atoms with E-state index in [1.54, 1.807) is 0 Å². The molecule has 118 valence electrons. The van der Waals surface area contributed by atoms with Gasteiger partial charge in [0.25, 0.3) is 15.8 Å². The molecule has 12 heteroatoms. The van der Waals surface area contributed by atoms with Gasteiger partial charge < -0.3 is 4.98 Å². The van der Waals surface area contributed by atoms with Gasteiger partial charge in [-0.2, -0.15) is 17.0 Å². The van der Waals surface area contributed by atoms with E-state index in [2.05, 4.69) is 4.98 Å². The van der Waals surface area contributed by atoms with Crippen molar-refractivity contribution in [1.82, 2.24) is 13.6 Å². The van der Waals surface area contributed by atoms with Crippen LogP contribution in [0.25, 0.3) is 0 Å². The molecule has 1 aromatic rings. The molecule has 0 radical (unpaired) electrons. The first kappa shape index (κ1) is 16.4. The van der Waals surface area contributed by atoms with Gasteiger partial charge in [0.1, 0.15) is 5.02 Å². The highest BCUT2D eigenvalue weighted by Crippen LogP contribution is 2.18. The lowest BCUT2D eigenvalue weighted by atomic mass is 10.4.